The maximum absolute atomic E-state index is 12.4. The Morgan fingerprint density at radius 3 is 2.62 bits per heavy atom. The lowest BCUT2D eigenvalue weighted by Crippen LogP contribution is -2.26. The number of rotatable bonds is 4. The molecule has 0 aliphatic heterocycles. The van der Waals surface area contributed by atoms with Crippen molar-refractivity contribution in [2.24, 2.45) is 7.05 Å². The lowest BCUT2D eigenvalue weighted by Gasteiger charge is -2.10. The molecule has 6 heteroatoms. The van der Waals surface area contributed by atoms with Crippen LogP contribution in [0.3, 0.4) is 0 Å². The van der Waals surface area contributed by atoms with Crippen LogP contribution >= 0.6 is 0 Å². The molecular weight excluding hydrogens is 304 g/mol. The Morgan fingerprint density at radius 2 is 1.96 bits per heavy atom. The summed E-state index contributed by atoms with van der Waals surface area (Å²) in [5, 5.41) is 2.76. The summed E-state index contributed by atoms with van der Waals surface area (Å²) in [5.74, 6) is 0.514. The topological polar surface area (TPSA) is 68.4 Å². The van der Waals surface area contributed by atoms with E-state index >= 15 is 0 Å². The maximum Gasteiger partial charge on any atom is 0.271 e. The average molecular weight is 324 g/mol. The van der Waals surface area contributed by atoms with Crippen molar-refractivity contribution < 1.29 is 4.79 Å². The number of nitrogens with zero attached hydrogens (tertiary/aromatic N) is 3. The van der Waals surface area contributed by atoms with Crippen LogP contribution in [0.1, 0.15) is 42.1 Å². The van der Waals surface area contributed by atoms with E-state index in [1.54, 1.807) is 24.0 Å². The summed E-state index contributed by atoms with van der Waals surface area (Å²) in [6.45, 7) is 4.30. The molecule has 0 saturated carbocycles. The number of aryl methyl sites for hydroxylation is 1. The molecule has 0 aliphatic carbocycles. The largest absolute Gasteiger partial charge is 0.322 e. The van der Waals surface area contributed by atoms with Crippen LogP contribution in [0.5, 0.6) is 0 Å². The average Bonchev–Trinajstić information content (AvgIpc) is 2.97. The zero-order chi connectivity index (χ0) is 17.3. The highest BCUT2D eigenvalue weighted by Crippen LogP contribution is 2.20. The molecule has 1 aromatic carbocycles. The van der Waals surface area contributed by atoms with Gasteiger partial charge in [0.05, 0.1) is 0 Å². The molecule has 3 aromatic rings. The Bertz CT molecular complexity index is 938. The van der Waals surface area contributed by atoms with Crippen molar-refractivity contribution in [1.82, 2.24) is 14.0 Å². The summed E-state index contributed by atoms with van der Waals surface area (Å²) in [5.41, 5.74) is 1.52. The molecule has 24 heavy (non-hydrogen) atoms. The predicted molar refractivity (Wildman–Crippen MR) is 93.5 cm³/mol. The van der Waals surface area contributed by atoms with Crippen LogP contribution in [0.4, 0.5) is 5.69 Å². The third kappa shape index (κ3) is 2.82. The van der Waals surface area contributed by atoms with Gasteiger partial charge in [0.25, 0.3) is 11.5 Å². The van der Waals surface area contributed by atoms with E-state index in [0.717, 1.165) is 6.42 Å². The molecular formula is C18H20N4O2. The summed E-state index contributed by atoms with van der Waals surface area (Å²) in [7, 11) is 1.79. The summed E-state index contributed by atoms with van der Waals surface area (Å²) in [4.78, 5) is 29.0. The SMILES string of the molecule is CCC(C)c1ccc(NC(=O)c2cnc3n(C)ccn3c2=O)cc1. The van der Waals surface area contributed by atoms with Gasteiger partial charge in [-0.2, -0.15) is 0 Å². The number of benzene rings is 1. The van der Waals surface area contributed by atoms with E-state index in [-0.39, 0.29) is 11.1 Å². The molecule has 6 nitrogen and oxygen atoms in total. The molecule has 0 bridgehead atoms. The molecule has 1 unspecified atom stereocenters. The minimum Gasteiger partial charge on any atom is -0.322 e. The Balaban J connectivity index is 1.85. The van der Waals surface area contributed by atoms with Gasteiger partial charge in [-0.15, -0.1) is 0 Å². The third-order valence-corrected chi connectivity index (χ3v) is 4.32. The Kier molecular flexibility index (Phi) is 4.20. The highest BCUT2D eigenvalue weighted by atomic mass is 16.2. The molecule has 0 aliphatic rings. The standard InChI is InChI=1S/C18H20N4O2/c1-4-12(2)13-5-7-14(8-6-13)20-16(23)15-11-19-18-21(3)9-10-22(18)17(15)24/h5-12H,4H2,1-3H3,(H,20,23). The quantitative estimate of drug-likeness (QED) is 0.802. The second-order valence-corrected chi connectivity index (χ2v) is 5.94. The molecule has 0 saturated heterocycles. The fraction of sp³-hybridized carbons (Fsp3) is 0.278. The van der Waals surface area contributed by atoms with Gasteiger partial charge in [-0.25, -0.2) is 4.98 Å². The first-order valence-electron chi connectivity index (χ1n) is 7.95. The number of anilines is 1. The molecule has 1 N–H and O–H groups in total. The Labute approximate surface area is 139 Å². The van der Waals surface area contributed by atoms with E-state index in [2.05, 4.69) is 24.1 Å². The van der Waals surface area contributed by atoms with Crippen LogP contribution in [0.25, 0.3) is 5.78 Å². The molecule has 0 spiro atoms. The van der Waals surface area contributed by atoms with Gasteiger partial charge in [0.1, 0.15) is 5.56 Å². The van der Waals surface area contributed by atoms with Gasteiger partial charge in [-0.3, -0.25) is 14.0 Å². The highest BCUT2D eigenvalue weighted by molar-refractivity contribution is 6.03. The van der Waals surface area contributed by atoms with Gasteiger partial charge in [0.15, 0.2) is 0 Å². The van der Waals surface area contributed by atoms with Crippen molar-refractivity contribution in [2.45, 2.75) is 26.2 Å². The van der Waals surface area contributed by atoms with Crippen molar-refractivity contribution in [3.8, 4) is 0 Å². The number of carbonyl (C=O) groups excluding carboxylic acids is 1. The molecule has 2 heterocycles. The second kappa shape index (κ2) is 6.31. The summed E-state index contributed by atoms with van der Waals surface area (Å²) < 4.78 is 3.08. The van der Waals surface area contributed by atoms with E-state index in [1.165, 1.54) is 16.2 Å². The Hall–Kier alpha value is -2.89. The van der Waals surface area contributed by atoms with Gasteiger partial charge in [0.2, 0.25) is 5.78 Å². The fourth-order valence-corrected chi connectivity index (χ4v) is 2.57. The first-order valence-corrected chi connectivity index (χ1v) is 7.95. The van der Waals surface area contributed by atoms with Crippen LogP contribution in [-0.2, 0) is 7.05 Å². The predicted octanol–water partition coefficient (Wildman–Crippen LogP) is 2.80. The van der Waals surface area contributed by atoms with Crippen LogP contribution in [0.2, 0.25) is 0 Å². The summed E-state index contributed by atoms with van der Waals surface area (Å²) in [6, 6.07) is 7.70. The number of hydrogen-bond donors (Lipinski definition) is 1. The number of hydrogen-bond acceptors (Lipinski definition) is 3. The Morgan fingerprint density at radius 1 is 1.25 bits per heavy atom. The van der Waals surface area contributed by atoms with Crippen LogP contribution in [0, 0.1) is 0 Å². The number of nitrogens with one attached hydrogen (secondary N) is 1. The lowest BCUT2D eigenvalue weighted by atomic mass is 9.99. The highest BCUT2D eigenvalue weighted by Gasteiger charge is 2.15. The van der Waals surface area contributed by atoms with Crippen molar-refractivity contribution >= 4 is 17.4 Å². The fourth-order valence-electron chi connectivity index (χ4n) is 2.57. The van der Waals surface area contributed by atoms with Gasteiger partial charge in [-0.1, -0.05) is 26.0 Å². The summed E-state index contributed by atoms with van der Waals surface area (Å²) in [6.07, 6.45) is 5.70. The molecule has 2 aromatic heterocycles. The van der Waals surface area contributed by atoms with Crippen LogP contribution in [-0.4, -0.2) is 19.9 Å². The number of carbonyl (C=O) groups is 1. The van der Waals surface area contributed by atoms with Crippen LogP contribution < -0.4 is 10.9 Å². The van der Waals surface area contributed by atoms with E-state index in [1.807, 2.05) is 24.3 Å². The molecule has 3 rings (SSSR count). The lowest BCUT2D eigenvalue weighted by molar-refractivity contribution is 0.102. The van der Waals surface area contributed by atoms with Gasteiger partial charge in [0, 0.05) is 31.3 Å². The second-order valence-electron chi connectivity index (χ2n) is 5.94. The molecule has 0 radical (unpaired) electrons. The van der Waals surface area contributed by atoms with Gasteiger partial charge in [-0.05, 0) is 30.0 Å². The van der Waals surface area contributed by atoms with Gasteiger partial charge >= 0.3 is 0 Å². The van der Waals surface area contributed by atoms with Crippen molar-refractivity contribution in [3.63, 3.8) is 0 Å². The first kappa shape index (κ1) is 16.0. The van der Waals surface area contributed by atoms with E-state index in [0.29, 0.717) is 17.4 Å². The smallest absolute Gasteiger partial charge is 0.271 e. The monoisotopic (exact) mass is 324 g/mol. The van der Waals surface area contributed by atoms with Crippen molar-refractivity contribution in [3.05, 3.63) is 64.3 Å². The van der Waals surface area contributed by atoms with Crippen molar-refractivity contribution in [1.29, 1.82) is 0 Å². The van der Waals surface area contributed by atoms with E-state index in [9.17, 15) is 9.59 Å². The normalized spacial score (nSPS) is 12.3. The maximum atomic E-state index is 12.4. The molecule has 0 fully saturated rings. The minimum atomic E-state index is -0.456. The molecule has 1 atom stereocenters. The van der Waals surface area contributed by atoms with E-state index < -0.39 is 5.91 Å². The minimum absolute atomic E-state index is 0.0182. The van der Waals surface area contributed by atoms with Crippen molar-refractivity contribution in [2.75, 3.05) is 5.32 Å². The number of aromatic nitrogens is 3. The number of imidazole rings is 1. The zero-order valence-corrected chi connectivity index (χ0v) is 14.0. The third-order valence-electron chi connectivity index (χ3n) is 4.32. The number of amides is 1. The zero-order valence-electron chi connectivity index (χ0n) is 14.0. The van der Waals surface area contributed by atoms with Gasteiger partial charge < -0.3 is 9.88 Å². The van der Waals surface area contributed by atoms with E-state index in [4.69, 9.17) is 0 Å². The molecule has 124 valence electrons. The summed E-state index contributed by atoms with van der Waals surface area (Å²) >= 11 is 0. The number of fused-ring (bicyclic) bond motifs is 1. The first-order chi connectivity index (χ1) is 11.5. The van der Waals surface area contributed by atoms with Crippen LogP contribution in [0.15, 0.2) is 47.7 Å². The molecule has 1 amide bonds.